The first-order chi connectivity index (χ1) is 9.58. The fourth-order valence-corrected chi connectivity index (χ4v) is 3.02. The summed E-state index contributed by atoms with van der Waals surface area (Å²) >= 11 is 11.8. The zero-order valence-corrected chi connectivity index (χ0v) is 12.8. The molecule has 0 aromatic heterocycles. The van der Waals surface area contributed by atoms with Gasteiger partial charge in [0.2, 0.25) is 0 Å². The fourth-order valence-electron chi connectivity index (χ4n) is 2.49. The molecule has 0 saturated carbocycles. The minimum atomic E-state index is -0.102. The molecule has 1 saturated heterocycles. The van der Waals surface area contributed by atoms with E-state index in [0.29, 0.717) is 21.7 Å². The Labute approximate surface area is 129 Å². The van der Waals surface area contributed by atoms with Gasteiger partial charge in [0.05, 0.1) is 0 Å². The Morgan fingerprint density at radius 3 is 2.40 bits per heavy atom. The van der Waals surface area contributed by atoms with Crippen LogP contribution in [-0.4, -0.2) is 30.6 Å². The van der Waals surface area contributed by atoms with Gasteiger partial charge in [0.25, 0.3) is 0 Å². The molecule has 1 aromatic rings. The molecule has 0 aliphatic carbocycles. The van der Waals surface area contributed by atoms with Gasteiger partial charge in [-0.25, -0.2) is 4.79 Å². The molecule has 1 aliphatic heterocycles. The lowest BCUT2D eigenvalue weighted by Crippen LogP contribution is -2.41. The van der Waals surface area contributed by atoms with Gasteiger partial charge in [0.1, 0.15) is 0 Å². The Balaban J connectivity index is 1.89. The van der Waals surface area contributed by atoms with Crippen LogP contribution in [0.3, 0.4) is 0 Å². The van der Waals surface area contributed by atoms with Crippen LogP contribution < -0.4 is 11.1 Å². The van der Waals surface area contributed by atoms with E-state index in [9.17, 15) is 4.79 Å². The van der Waals surface area contributed by atoms with Gasteiger partial charge in [-0.15, -0.1) is 0 Å². The topological polar surface area (TPSA) is 58.4 Å². The number of carbonyl (C=O) groups is 1. The number of amides is 2. The second kappa shape index (κ2) is 7.16. The highest BCUT2D eigenvalue weighted by molar-refractivity contribution is 6.35. The molecule has 0 atom stereocenters. The maximum absolute atomic E-state index is 12.2. The Hall–Kier alpha value is -0.970. The summed E-state index contributed by atoms with van der Waals surface area (Å²) in [5, 5.41) is 3.85. The molecule has 110 valence electrons. The predicted molar refractivity (Wildman–Crippen MR) is 83.4 cm³/mol. The van der Waals surface area contributed by atoms with E-state index in [1.54, 1.807) is 18.2 Å². The van der Waals surface area contributed by atoms with Gasteiger partial charge in [0.15, 0.2) is 0 Å². The first-order valence-corrected chi connectivity index (χ1v) is 7.56. The van der Waals surface area contributed by atoms with Gasteiger partial charge in [-0.1, -0.05) is 23.2 Å². The first-order valence-electron chi connectivity index (χ1n) is 6.80. The molecular formula is C14H19Cl2N3O. The molecule has 2 amide bonds. The third-order valence-corrected chi connectivity index (χ3v) is 4.03. The molecule has 1 heterocycles. The van der Waals surface area contributed by atoms with E-state index in [1.807, 2.05) is 4.90 Å². The van der Waals surface area contributed by atoms with Crippen molar-refractivity contribution in [2.24, 2.45) is 11.7 Å². The number of rotatable bonds is 3. The molecular weight excluding hydrogens is 297 g/mol. The number of piperidine rings is 1. The molecule has 0 radical (unpaired) electrons. The van der Waals surface area contributed by atoms with Crippen LogP contribution >= 0.6 is 23.2 Å². The highest BCUT2D eigenvalue weighted by atomic mass is 35.5. The summed E-state index contributed by atoms with van der Waals surface area (Å²) in [7, 11) is 0. The molecule has 1 aromatic carbocycles. The fraction of sp³-hybridized carbons (Fsp3) is 0.500. The molecule has 1 aliphatic rings. The molecule has 4 nitrogen and oxygen atoms in total. The molecule has 2 rings (SSSR count). The van der Waals surface area contributed by atoms with E-state index in [2.05, 4.69) is 5.32 Å². The zero-order chi connectivity index (χ0) is 14.5. The molecule has 0 spiro atoms. The van der Waals surface area contributed by atoms with Crippen molar-refractivity contribution in [1.82, 2.24) is 4.90 Å². The number of carbonyl (C=O) groups excluding carboxylic acids is 1. The molecule has 0 bridgehead atoms. The van der Waals surface area contributed by atoms with E-state index in [-0.39, 0.29) is 6.03 Å². The van der Waals surface area contributed by atoms with Crippen molar-refractivity contribution in [3.63, 3.8) is 0 Å². The summed E-state index contributed by atoms with van der Waals surface area (Å²) in [6.07, 6.45) is 3.07. The van der Waals surface area contributed by atoms with Gasteiger partial charge in [-0.3, -0.25) is 0 Å². The van der Waals surface area contributed by atoms with Crippen molar-refractivity contribution in [3.05, 3.63) is 28.2 Å². The molecule has 0 unspecified atom stereocenters. The lowest BCUT2D eigenvalue weighted by molar-refractivity contribution is 0.180. The van der Waals surface area contributed by atoms with Gasteiger partial charge < -0.3 is 16.0 Å². The van der Waals surface area contributed by atoms with Crippen LogP contribution in [0.15, 0.2) is 18.2 Å². The van der Waals surface area contributed by atoms with Crippen molar-refractivity contribution in [3.8, 4) is 0 Å². The number of benzene rings is 1. The highest BCUT2D eigenvalue weighted by Crippen LogP contribution is 2.24. The van der Waals surface area contributed by atoms with Crippen molar-refractivity contribution in [2.45, 2.75) is 19.3 Å². The summed E-state index contributed by atoms with van der Waals surface area (Å²) in [6.45, 7) is 2.26. The molecule has 1 fully saturated rings. The normalized spacial score (nSPS) is 16.2. The summed E-state index contributed by atoms with van der Waals surface area (Å²) in [5.41, 5.74) is 6.19. The average molecular weight is 316 g/mol. The lowest BCUT2D eigenvalue weighted by Gasteiger charge is -2.31. The van der Waals surface area contributed by atoms with E-state index >= 15 is 0 Å². The van der Waals surface area contributed by atoms with Gasteiger partial charge >= 0.3 is 6.03 Å². The number of hydrogen-bond donors (Lipinski definition) is 2. The zero-order valence-electron chi connectivity index (χ0n) is 11.2. The average Bonchev–Trinajstić information content (AvgIpc) is 2.38. The number of halogens is 2. The highest BCUT2D eigenvalue weighted by Gasteiger charge is 2.22. The van der Waals surface area contributed by atoms with E-state index in [0.717, 1.165) is 38.9 Å². The monoisotopic (exact) mass is 315 g/mol. The van der Waals surface area contributed by atoms with Crippen molar-refractivity contribution in [1.29, 1.82) is 0 Å². The second-order valence-corrected chi connectivity index (χ2v) is 5.97. The smallest absolute Gasteiger partial charge is 0.321 e. The van der Waals surface area contributed by atoms with Crippen LogP contribution in [0.4, 0.5) is 10.5 Å². The minimum Gasteiger partial charge on any atom is -0.330 e. The Bertz CT molecular complexity index is 453. The van der Waals surface area contributed by atoms with Crippen LogP contribution in [-0.2, 0) is 0 Å². The summed E-state index contributed by atoms with van der Waals surface area (Å²) in [5.74, 6) is 0.643. The van der Waals surface area contributed by atoms with Crippen molar-refractivity contribution < 1.29 is 4.79 Å². The number of nitrogens with two attached hydrogens (primary N) is 1. The molecule has 20 heavy (non-hydrogen) atoms. The number of urea groups is 1. The van der Waals surface area contributed by atoms with E-state index in [1.165, 1.54) is 0 Å². The van der Waals surface area contributed by atoms with Crippen LogP contribution in [0, 0.1) is 5.92 Å². The van der Waals surface area contributed by atoms with Gasteiger partial charge in [-0.05, 0) is 49.9 Å². The summed E-state index contributed by atoms with van der Waals surface area (Å²) < 4.78 is 0. The predicted octanol–water partition coefficient (Wildman–Crippen LogP) is 3.59. The Morgan fingerprint density at radius 2 is 1.85 bits per heavy atom. The van der Waals surface area contributed by atoms with Gasteiger partial charge in [0, 0.05) is 28.8 Å². The van der Waals surface area contributed by atoms with Crippen molar-refractivity contribution in [2.75, 3.05) is 25.0 Å². The number of hydrogen-bond acceptors (Lipinski definition) is 2. The summed E-state index contributed by atoms with van der Waals surface area (Å²) in [6, 6.07) is 4.91. The third-order valence-electron chi connectivity index (χ3n) is 3.59. The second-order valence-electron chi connectivity index (χ2n) is 5.10. The van der Waals surface area contributed by atoms with Crippen LogP contribution in [0.5, 0.6) is 0 Å². The maximum Gasteiger partial charge on any atom is 0.321 e. The SMILES string of the molecule is NCCC1CCN(C(=O)Nc2cc(Cl)cc(Cl)c2)CC1. The van der Waals surface area contributed by atoms with Crippen LogP contribution in [0.25, 0.3) is 0 Å². The molecule has 3 N–H and O–H groups in total. The number of anilines is 1. The van der Waals surface area contributed by atoms with Crippen LogP contribution in [0.2, 0.25) is 10.0 Å². The van der Waals surface area contributed by atoms with Crippen molar-refractivity contribution >= 4 is 34.9 Å². The maximum atomic E-state index is 12.2. The minimum absolute atomic E-state index is 0.102. The van der Waals surface area contributed by atoms with E-state index in [4.69, 9.17) is 28.9 Å². The van der Waals surface area contributed by atoms with Crippen LogP contribution in [0.1, 0.15) is 19.3 Å². The third kappa shape index (κ3) is 4.27. The number of nitrogens with one attached hydrogen (secondary N) is 1. The Morgan fingerprint density at radius 1 is 1.25 bits per heavy atom. The lowest BCUT2D eigenvalue weighted by atomic mass is 9.94. The quantitative estimate of drug-likeness (QED) is 0.895. The standard InChI is InChI=1S/C14H19Cl2N3O/c15-11-7-12(16)9-13(8-11)18-14(20)19-5-2-10(1-4-17)3-6-19/h7-10H,1-6,17H2,(H,18,20). The first kappa shape index (κ1) is 15.4. The summed E-state index contributed by atoms with van der Waals surface area (Å²) in [4.78, 5) is 14.0. The molecule has 6 heteroatoms. The Kier molecular flexibility index (Phi) is 5.52. The number of nitrogens with zero attached hydrogens (tertiary/aromatic N) is 1. The number of likely N-dealkylation sites (tertiary alicyclic amines) is 1. The largest absolute Gasteiger partial charge is 0.330 e. The van der Waals surface area contributed by atoms with E-state index < -0.39 is 0 Å². The van der Waals surface area contributed by atoms with Gasteiger partial charge in [-0.2, -0.15) is 0 Å².